The molecule has 2 amide bonds. The van der Waals surface area contributed by atoms with Crippen molar-refractivity contribution in [3.8, 4) is 0 Å². The Labute approximate surface area is 134 Å². The standard InChI is InChI=1S/C16H21N3O2S/c17-12(11-5-6-11)9-18-15(20)7-8-19-13-3-1-2-4-14(13)22-10-16(19)21/h1-4,11-12H,5-10,17H2,(H,18,20). The molecule has 0 radical (unpaired) electrons. The lowest BCUT2D eigenvalue weighted by Gasteiger charge is -2.28. The van der Waals surface area contributed by atoms with Gasteiger partial charge in [0.05, 0.1) is 11.4 Å². The number of rotatable bonds is 6. The van der Waals surface area contributed by atoms with Crippen molar-refractivity contribution < 1.29 is 9.59 Å². The Morgan fingerprint density at radius 3 is 2.95 bits per heavy atom. The highest BCUT2D eigenvalue weighted by Gasteiger charge is 2.29. The number of nitrogens with two attached hydrogens (primary N) is 1. The summed E-state index contributed by atoms with van der Waals surface area (Å²) in [7, 11) is 0. The molecule has 1 fully saturated rings. The van der Waals surface area contributed by atoms with Gasteiger partial charge in [-0.05, 0) is 30.9 Å². The molecule has 1 saturated carbocycles. The summed E-state index contributed by atoms with van der Waals surface area (Å²) in [4.78, 5) is 26.8. The summed E-state index contributed by atoms with van der Waals surface area (Å²) >= 11 is 1.55. The van der Waals surface area contributed by atoms with E-state index in [1.807, 2.05) is 24.3 Å². The van der Waals surface area contributed by atoms with Gasteiger partial charge in [0, 0.05) is 30.4 Å². The van der Waals surface area contributed by atoms with E-state index in [0.717, 1.165) is 10.6 Å². The minimum atomic E-state index is -0.0420. The van der Waals surface area contributed by atoms with Gasteiger partial charge in [0.15, 0.2) is 0 Å². The Balaban J connectivity index is 1.52. The van der Waals surface area contributed by atoms with Crippen LogP contribution in [0.4, 0.5) is 5.69 Å². The molecule has 0 bridgehead atoms. The monoisotopic (exact) mass is 319 g/mol. The lowest BCUT2D eigenvalue weighted by molar-refractivity contribution is -0.121. The number of anilines is 1. The highest BCUT2D eigenvalue weighted by atomic mass is 32.2. The van der Waals surface area contributed by atoms with Crippen molar-refractivity contribution in [3.05, 3.63) is 24.3 Å². The van der Waals surface area contributed by atoms with Crippen LogP contribution < -0.4 is 16.0 Å². The molecule has 1 atom stereocenters. The first-order valence-corrected chi connectivity index (χ1v) is 8.68. The second-order valence-electron chi connectivity index (χ2n) is 5.86. The molecule has 3 rings (SSSR count). The molecule has 1 unspecified atom stereocenters. The lowest BCUT2D eigenvalue weighted by atomic mass is 10.2. The minimum Gasteiger partial charge on any atom is -0.354 e. The number of thioether (sulfide) groups is 1. The summed E-state index contributed by atoms with van der Waals surface area (Å²) in [6.07, 6.45) is 2.66. The van der Waals surface area contributed by atoms with Gasteiger partial charge in [-0.2, -0.15) is 0 Å². The Kier molecular flexibility index (Phi) is 4.69. The van der Waals surface area contributed by atoms with Gasteiger partial charge in [0.1, 0.15) is 0 Å². The highest BCUT2D eigenvalue weighted by molar-refractivity contribution is 8.00. The molecule has 6 heteroatoms. The molecule has 22 heavy (non-hydrogen) atoms. The summed E-state index contributed by atoms with van der Waals surface area (Å²) in [6.45, 7) is 0.949. The summed E-state index contributed by atoms with van der Waals surface area (Å²) in [5.41, 5.74) is 6.88. The van der Waals surface area contributed by atoms with E-state index in [-0.39, 0.29) is 17.9 Å². The topological polar surface area (TPSA) is 75.4 Å². The van der Waals surface area contributed by atoms with Crippen molar-refractivity contribution in [1.82, 2.24) is 5.32 Å². The van der Waals surface area contributed by atoms with Crippen LogP contribution in [0.15, 0.2) is 29.2 Å². The molecule has 118 valence electrons. The molecule has 1 aromatic rings. The van der Waals surface area contributed by atoms with Crippen molar-refractivity contribution in [1.29, 1.82) is 0 Å². The maximum Gasteiger partial charge on any atom is 0.237 e. The van der Waals surface area contributed by atoms with Crippen LogP contribution in [-0.4, -0.2) is 36.7 Å². The molecule has 1 heterocycles. The summed E-state index contributed by atoms with van der Waals surface area (Å²) in [6, 6.07) is 7.89. The van der Waals surface area contributed by atoms with Crippen molar-refractivity contribution in [2.45, 2.75) is 30.2 Å². The third-order valence-corrected chi connectivity index (χ3v) is 5.18. The normalized spacial score (nSPS) is 18.8. The first-order valence-electron chi connectivity index (χ1n) is 7.69. The van der Waals surface area contributed by atoms with Crippen molar-refractivity contribution in [2.24, 2.45) is 11.7 Å². The van der Waals surface area contributed by atoms with Crippen LogP contribution in [0, 0.1) is 5.92 Å². The number of hydrogen-bond acceptors (Lipinski definition) is 4. The smallest absolute Gasteiger partial charge is 0.237 e. The highest BCUT2D eigenvalue weighted by Crippen LogP contribution is 2.34. The molecular formula is C16H21N3O2S. The van der Waals surface area contributed by atoms with Crippen LogP contribution >= 0.6 is 11.8 Å². The van der Waals surface area contributed by atoms with Crippen molar-refractivity contribution in [3.63, 3.8) is 0 Å². The van der Waals surface area contributed by atoms with Gasteiger partial charge in [-0.15, -0.1) is 11.8 Å². The number of benzene rings is 1. The number of amides is 2. The number of fused-ring (bicyclic) bond motifs is 1. The van der Waals surface area contributed by atoms with Gasteiger partial charge >= 0.3 is 0 Å². The van der Waals surface area contributed by atoms with E-state index in [1.54, 1.807) is 16.7 Å². The van der Waals surface area contributed by atoms with Gasteiger partial charge in [0.2, 0.25) is 11.8 Å². The Morgan fingerprint density at radius 1 is 1.41 bits per heavy atom. The third kappa shape index (κ3) is 3.62. The average Bonchev–Trinajstić information content (AvgIpc) is 3.36. The van der Waals surface area contributed by atoms with E-state index in [2.05, 4.69) is 5.32 Å². The fraction of sp³-hybridized carbons (Fsp3) is 0.500. The Morgan fingerprint density at radius 2 is 2.18 bits per heavy atom. The predicted octanol–water partition coefficient (Wildman–Crippen LogP) is 1.37. The average molecular weight is 319 g/mol. The quantitative estimate of drug-likeness (QED) is 0.830. The zero-order valence-corrected chi connectivity index (χ0v) is 13.3. The number of nitrogens with one attached hydrogen (secondary N) is 1. The molecule has 5 nitrogen and oxygen atoms in total. The van der Waals surface area contributed by atoms with Crippen LogP contribution in [0.5, 0.6) is 0 Å². The van der Waals surface area contributed by atoms with Crippen molar-refractivity contribution in [2.75, 3.05) is 23.7 Å². The fourth-order valence-electron chi connectivity index (χ4n) is 2.62. The van der Waals surface area contributed by atoms with Gasteiger partial charge < -0.3 is 16.0 Å². The van der Waals surface area contributed by atoms with Crippen LogP contribution in [0.25, 0.3) is 0 Å². The fourth-order valence-corrected chi connectivity index (χ4v) is 3.56. The van der Waals surface area contributed by atoms with E-state index in [1.165, 1.54) is 12.8 Å². The SMILES string of the molecule is NC(CNC(=O)CCN1C(=O)CSc2ccccc21)C1CC1. The van der Waals surface area contributed by atoms with Crippen LogP contribution in [-0.2, 0) is 9.59 Å². The summed E-state index contributed by atoms with van der Waals surface area (Å²) < 4.78 is 0. The van der Waals surface area contributed by atoms with Gasteiger partial charge in [-0.3, -0.25) is 9.59 Å². The van der Waals surface area contributed by atoms with E-state index in [9.17, 15) is 9.59 Å². The molecule has 1 aliphatic heterocycles. The van der Waals surface area contributed by atoms with Crippen LogP contribution in [0.1, 0.15) is 19.3 Å². The number of para-hydroxylation sites is 1. The second-order valence-corrected chi connectivity index (χ2v) is 6.87. The number of hydrogen-bond donors (Lipinski definition) is 2. The van der Waals surface area contributed by atoms with E-state index < -0.39 is 0 Å². The molecular weight excluding hydrogens is 298 g/mol. The maximum atomic E-state index is 12.1. The van der Waals surface area contributed by atoms with Gasteiger partial charge in [-0.1, -0.05) is 12.1 Å². The molecule has 2 aliphatic rings. The summed E-state index contributed by atoms with van der Waals surface area (Å²) in [5.74, 6) is 1.03. The van der Waals surface area contributed by atoms with E-state index >= 15 is 0 Å². The third-order valence-electron chi connectivity index (χ3n) is 4.13. The lowest BCUT2D eigenvalue weighted by Crippen LogP contribution is -2.41. The molecule has 0 saturated heterocycles. The first-order chi connectivity index (χ1) is 10.6. The Bertz CT molecular complexity index is 574. The van der Waals surface area contributed by atoms with Crippen LogP contribution in [0.2, 0.25) is 0 Å². The Hall–Kier alpha value is -1.53. The first kappa shape index (κ1) is 15.4. The van der Waals surface area contributed by atoms with E-state index in [0.29, 0.717) is 31.2 Å². The number of carbonyl (C=O) groups is 2. The summed E-state index contributed by atoms with van der Waals surface area (Å²) in [5, 5.41) is 2.88. The zero-order valence-electron chi connectivity index (χ0n) is 12.5. The molecule has 1 aromatic carbocycles. The molecule has 3 N–H and O–H groups in total. The zero-order chi connectivity index (χ0) is 15.5. The largest absolute Gasteiger partial charge is 0.354 e. The van der Waals surface area contributed by atoms with Gasteiger partial charge in [-0.25, -0.2) is 0 Å². The molecule has 0 aromatic heterocycles. The van der Waals surface area contributed by atoms with E-state index in [4.69, 9.17) is 5.73 Å². The minimum absolute atomic E-state index is 0.0420. The molecule has 0 spiro atoms. The second kappa shape index (κ2) is 6.71. The number of nitrogens with zero attached hydrogens (tertiary/aromatic N) is 1. The number of carbonyl (C=O) groups excluding carboxylic acids is 2. The molecule has 1 aliphatic carbocycles. The maximum absolute atomic E-state index is 12.1. The van der Waals surface area contributed by atoms with Crippen LogP contribution in [0.3, 0.4) is 0 Å². The van der Waals surface area contributed by atoms with Gasteiger partial charge in [0.25, 0.3) is 0 Å². The predicted molar refractivity (Wildman–Crippen MR) is 87.8 cm³/mol. The van der Waals surface area contributed by atoms with Crippen molar-refractivity contribution >= 4 is 29.3 Å².